The lowest BCUT2D eigenvalue weighted by Gasteiger charge is -2.21. The lowest BCUT2D eigenvalue weighted by molar-refractivity contribution is -0.130. The Morgan fingerprint density at radius 1 is 1.09 bits per heavy atom. The van der Waals surface area contributed by atoms with E-state index in [4.69, 9.17) is 4.74 Å². The zero-order valence-electron chi connectivity index (χ0n) is 13.1. The molecule has 1 heterocycles. The Bertz CT molecular complexity index is 519. The first-order chi connectivity index (χ1) is 10.6. The molecular formula is C16H22N2O3S. The van der Waals surface area contributed by atoms with Crippen LogP contribution in [0.1, 0.15) is 12.0 Å². The summed E-state index contributed by atoms with van der Waals surface area (Å²) < 4.78 is 4.74. The molecule has 120 valence electrons. The Morgan fingerprint density at radius 3 is 2.36 bits per heavy atom. The number of ether oxygens (including phenoxy) is 1. The van der Waals surface area contributed by atoms with E-state index in [1.54, 1.807) is 16.7 Å². The molecule has 0 unspecified atom stereocenters. The van der Waals surface area contributed by atoms with Crippen molar-refractivity contribution in [2.45, 2.75) is 17.7 Å². The first-order valence-corrected chi connectivity index (χ1v) is 8.60. The number of carbonyl (C=O) groups is 2. The van der Waals surface area contributed by atoms with Crippen LogP contribution in [0.15, 0.2) is 29.2 Å². The summed E-state index contributed by atoms with van der Waals surface area (Å²) in [5, 5.41) is 0. The van der Waals surface area contributed by atoms with Gasteiger partial charge < -0.3 is 14.5 Å². The maximum atomic E-state index is 12.4. The summed E-state index contributed by atoms with van der Waals surface area (Å²) in [7, 11) is 1.38. The predicted molar refractivity (Wildman–Crippen MR) is 87.1 cm³/mol. The molecule has 0 atom stereocenters. The third-order valence-corrected chi connectivity index (χ3v) is 4.54. The Hall–Kier alpha value is -1.69. The number of carbonyl (C=O) groups excluding carboxylic acids is 2. The molecule has 5 nitrogen and oxygen atoms in total. The van der Waals surface area contributed by atoms with Gasteiger partial charge in [0.2, 0.25) is 5.91 Å². The van der Waals surface area contributed by atoms with Crippen molar-refractivity contribution in [2.24, 2.45) is 0 Å². The molecule has 0 aliphatic carbocycles. The molecule has 1 fully saturated rings. The van der Waals surface area contributed by atoms with Gasteiger partial charge in [0, 0.05) is 31.1 Å². The second-order valence-electron chi connectivity index (χ2n) is 5.22. The monoisotopic (exact) mass is 322 g/mol. The zero-order valence-corrected chi connectivity index (χ0v) is 13.9. The van der Waals surface area contributed by atoms with E-state index < -0.39 is 0 Å². The van der Waals surface area contributed by atoms with Gasteiger partial charge in [0.15, 0.2) is 0 Å². The Kier molecular flexibility index (Phi) is 6.12. The van der Waals surface area contributed by atoms with Gasteiger partial charge in [0.05, 0.1) is 13.5 Å². The van der Waals surface area contributed by atoms with Crippen LogP contribution in [-0.2, 0) is 16.0 Å². The molecule has 1 aliphatic rings. The van der Waals surface area contributed by atoms with Crippen LogP contribution in [0.25, 0.3) is 0 Å². The number of amides is 2. The van der Waals surface area contributed by atoms with Crippen LogP contribution in [0.4, 0.5) is 4.79 Å². The lowest BCUT2D eigenvalue weighted by atomic mass is 10.1. The second kappa shape index (κ2) is 8.08. The summed E-state index contributed by atoms with van der Waals surface area (Å²) in [5.74, 6) is 0.114. The SMILES string of the molecule is COC(=O)N1CCCN(C(=O)Cc2ccc(SC)cc2)CC1. The number of rotatable bonds is 3. The summed E-state index contributed by atoms with van der Waals surface area (Å²) >= 11 is 1.69. The van der Waals surface area contributed by atoms with E-state index in [9.17, 15) is 9.59 Å². The van der Waals surface area contributed by atoms with Crippen molar-refractivity contribution in [1.82, 2.24) is 9.80 Å². The van der Waals surface area contributed by atoms with E-state index in [0.29, 0.717) is 32.6 Å². The second-order valence-corrected chi connectivity index (χ2v) is 6.10. The van der Waals surface area contributed by atoms with Gasteiger partial charge in [-0.25, -0.2) is 4.79 Å². The first kappa shape index (κ1) is 16.7. The van der Waals surface area contributed by atoms with E-state index in [1.165, 1.54) is 12.0 Å². The molecule has 1 aromatic carbocycles. The number of nitrogens with zero attached hydrogens (tertiary/aromatic N) is 2. The molecule has 1 aliphatic heterocycles. The number of hydrogen-bond donors (Lipinski definition) is 0. The fourth-order valence-corrected chi connectivity index (χ4v) is 2.92. The van der Waals surface area contributed by atoms with Crippen molar-refractivity contribution >= 4 is 23.8 Å². The predicted octanol–water partition coefficient (Wildman–Crippen LogP) is 2.25. The average molecular weight is 322 g/mol. The Labute approximate surface area is 135 Å². The van der Waals surface area contributed by atoms with Crippen LogP contribution in [0.3, 0.4) is 0 Å². The van der Waals surface area contributed by atoms with E-state index >= 15 is 0 Å². The lowest BCUT2D eigenvalue weighted by Crippen LogP contribution is -2.37. The molecule has 0 bridgehead atoms. The third kappa shape index (κ3) is 4.40. The van der Waals surface area contributed by atoms with Crippen molar-refractivity contribution in [1.29, 1.82) is 0 Å². The van der Waals surface area contributed by atoms with Gasteiger partial charge in [-0.15, -0.1) is 11.8 Å². The molecule has 22 heavy (non-hydrogen) atoms. The summed E-state index contributed by atoms with van der Waals surface area (Å²) in [6.07, 6.45) is 2.91. The molecule has 2 rings (SSSR count). The molecule has 0 saturated carbocycles. The van der Waals surface area contributed by atoms with E-state index in [0.717, 1.165) is 12.0 Å². The highest BCUT2D eigenvalue weighted by atomic mass is 32.2. The molecule has 1 saturated heterocycles. The zero-order chi connectivity index (χ0) is 15.9. The number of benzene rings is 1. The number of thioether (sulfide) groups is 1. The Morgan fingerprint density at radius 2 is 1.73 bits per heavy atom. The van der Waals surface area contributed by atoms with Crippen LogP contribution < -0.4 is 0 Å². The fraction of sp³-hybridized carbons (Fsp3) is 0.500. The average Bonchev–Trinajstić information content (AvgIpc) is 2.81. The Balaban J connectivity index is 1.90. The van der Waals surface area contributed by atoms with Crippen LogP contribution in [0.2, 0.25) is 0 Å². The maximum Gasteiger partial charge on any atom is 0.409 e. The summed E-state index contributed by atoms with van der Waals surface area (Å²) in [4.78, 5) is 28.6. The summed E-state index contributed by atoms with van der Waals surface area (Å²) in [6.45, 7) is 2.43. The van der Waals surface area contributed by atoms with Gasteiger partial charge >= 0.3 is 6.09 Å². The van der Waals surface area contributed by atoms with Crippen molar-refractivity contribution < 1.29 is 14.3 Å². The van der Waals surface area contributed by atoms with Gasteiger partial charge in [0.25, 0.3) is 0 Å². The largest absolute Gasteiger partial charge is 0.453 e. The van der Waals surface area contributed by atoms with Gasteiger partial charge in [0.1, 0.15) is 0 Å². The minimum absolute atomic E-state index is 0.114. The quantitative estimate of drug-likeness (QED) is 0.801. The highest BCUT2D eigenvalue weighted by molar-refractivity contribution is 7.98. The standard InChI is InChI=1S/C16H22N2O3S/c1-21-16(20)18-9-3-8-17(10-11-18)15(19)12-13-4-6-14(22-2)7-5-13/h4-7H,3,8-12H2,1-2H3. The molecule has 0 aromatic heterocycles. The maximum absolute atomic E-state index is 12.4. The van der Waals surface area contributed by atoms with E-state index in [1.807, 2.05) is 35.4 Å². The van der Waals surface area contributed by atoms with E-state index in [-0.39, 0.29) is 12.0 Å². The molecule has 0 N–H and O–H groups in total. The van der Waals surface area contributed by atoms with Gasteiger partial charge in [-0.05, 0) is 30.4 Å². The van der Waals surface area contributed by atoms with Crippen LogP contribution >= 0.6 is 11.8 Å². The highest BCUT2D eigenvalue weighted by Gasteiger charge is 2.22. The van der Waals surface area contributed by atoms with Crippen molar-refractivity contribution in [3.05, 3.63) is 29.8 Å². The molecule has 0 spiro atoms. The van der Waals surface area contributed by atoms with Gasteiger partial charge in [-0.2, -0.15) is 0 Å². The first-order valence-electron chi connectivity index (χ1n) is 7.37. The molecule has 0 radical (unpaired) electrons. The topological polar surface area (TPSA) is 49.9 Å². The van der Waals surface area contributed by atoms with Gasteiger partial charge in [-0.3, -0.25) is 4.79 Å². The minimum atomic E-state index is -0.318. The van der Waals surface area contributed by atoms with Gasteiger partial charge in [-0.1, -0.05) is 12.1 Å². The smallest absolute Gasteiger partial charge is 0.409 e. The highest BCUT2D eigenvalue weighted by Crippen LogP contribution is 2.16. The van der Waals surface area contributed by atoms with Crippen molar-refractivity contribution in [3.63, 3.8) is 0 Å². The molecule has 2 amide bonds. The third-order valence-electron chi connectivity index (χ3n) is 3.80. The van der Waals surface area contributed by atoms with E-state index in [2.05, 4.69) is 0 Å². The minimum Gasteiger partial charge on any atom is -0.453 e. The van der Waals surface area contributed by atoms with Crippen molar-refractivity contribution in [2.75, 3.05) is 39.5 Å². The fourth-order valence-electron chi connectivity index (χ4n) is 2.51. The van der Waals surface area contributed by atoms with Crippen LogP contribution in [0, 0.1) is 0 Å². The summed E-state index contributed by atoms with van der Waals surface area (Å²) in [5.41, 5.74) is 1.02. The normalized spacial score (nSPS) is 15.4. The number of methoxy groups -OCH3 is 1. The van der Waals surface area contributed by atoms with Crippen LogP contribution in [-0.4, -0.2) is 61.3 Å². The molecule has 6 heteroatoms. The molecular weight excluding hydrogens is 300 g/mol. The van der Waals surface area contributed by atoms with Crippen molar-refractivity contribution in [3.8, 4) is 0 Å². The molecule has 1 aromatic rings. The number of hydrogen-bond acceptors (Lipinski definition) is 4. The summed E-state index contributed by atoms with van der Waals surface area (Å²) in [6, 6.07) is 8.08. The van der Waals surface area contributed by atoms with Crippen LogP contribution in [0.5, 0.6) is 0 Å².